The lowest BCUT2D eigenvalue weighted by Crippen LogP contribution is -2.36. The fraction of sp³-hybridized carbons (Fsp3) is 0.588. The van der Waals surface area contributed by atoms with Crippen LogP contribution in [0.3, 0.4) is 0 Å². The first-order valence-corrected chi connectivity index (χ1v) is 9.21. The van der Waals surface area contributed by atoms with Crippen LogP contribution in [-0.2, 0) is 24.9 Å². The van der Waals surface area contributed by atoms with Crippen molar-refractivity contribution in [3.05, 3.63) is 33.9 Å². The molecule has 0 atom stereocenters. The van der Waals surface area contributed by atoms with Gasteiger partial charge >= 0.3 is 0 Å². The van der Waals surface area contributed by atoms with Crippen molar-refractivity contribution < 1.29 is 4.42 Å². The third kappa shape index (κ3) is 6.93. The Balaban J connectivity index is 0.00000312. The molecule has 2 aromatic heterocycles. The molecule has 0 amide bonds. The van der Waals surface area contributed by atoms with Gasteiger partial charge in [-0.05, 0) is 13.3 Å². The predicted molar refractivity (Wildman–Crippen MR) is 114 cm³/mol. The Kier molecular flexibility index (Phi) is 8.84. The van der Waals surface area contributed by atoms with Gasteiger partial charge < -0.3 is 15.1 Å². The average Bonchev–Trinajstić information content (AvgIpc) is 3.18. The zero-order valence-corrected chi connectivity index (χ0v) is 18.7. The van der Waals surface area contributed by atoms with E-state index in [1.54, 1.807) is 17.5 Å². The number of nitrogens with zero attached hydrogens (tertiary/aromatic N) is 3. The highest BCUT2D eigenvalue weighted by atomic mass is 127. The summed E-state index contributed by atoms with van der Waals surface area (Å²) in [7, 11) is 0. The minimum absolute atomic E-state index is 0. The first kappa shape index (κ1) is 21.9. The normalized spacial score (nSPS) is 12.0. The summed E-state index contributed by atoms with van der Waals surface area (Å²) < 4.78 is 5.79. The first-order chi connectivity index (χ1) is 11.4. The first-order valence-electron chi connectivity index (χ1n) is 8.33. The Bertz CT molecular complexity index is 675. The van der Waals surface area contributed by atoms with Crippen LogP contribution in [-0.4, -0.2) is 22.5 Å². The van der Waals surface area contributed by atoms with Crippen LogP contribution < -0.4 is 10.6 Å². The third-order valence-electron chi connectivity index (χ3n) is 3.34. The molecule has 2 aromatic rings. The fourth-order valence-electron chi connectivity index (χ4n) is 1.98. The van der Waals surface area contributed by atoms with Crippen molar-refractivity contribution in [1.82, 2.24) is 20.6 Å². The van der Waals surface area contributed by atoms with E-state index >= 15 is 0 Å². The van der Waals surface area contributed by atoms with Crippen LogP contribution in [0.25, 0.3) is 0 Å². The number of thiazole rings is 1. The molecule has 0 spiro atoms. The molecule has 0 aromatic carbocycles. The molecule has 25 heavy (non-hydrogen) atoms. The number of aliphatic imine (C=N–C) groups is 1. The largest absolute Gasteiger partial charge is 0.443 e. The molecule has 6 nitrogen and oxygen atoms in total. The van der Waals surface area contributed by atoms with Gasteiger partial charge in [-0.15, -0.1) is 35.3 Å². The Morgan fingerprint density at radius 3 is 2.60 bits per heavy atom. The van der Waals surface area contributed by atoms with Gasteiger partial charge in [-0.1, -0.05) is 27.7 Å². The van der Waals surface area contributed by atoms with Gasteiger partial charge in [0.2, 0.25) is 5.89 Å². The molecule has 0 fully saturated rings. The molecule has 0 unspecified atom stereocenters. The molecule has 8 heteroatoms. The van der Waals surface area contributed by atoms with Gasteiger partial charge in [0.25, 0.3) is 0 Å². The monoisotopic (exact) mass is 477 g/mol. The van der Waals surface area contributed by atoms with Crippen molar-refractivity contribution >= 4 is 41.3 Å². The highest BCUT2D eigenvalue weighted by Gasteiger charge is 2.19. The van der Waals surface area contributed by atoms with Gasteiger partial charge in [0.15, 0.2) is 5.96 Å². The van der Waals surface area contributed by atoms with Gasteiger partial charge in [-0.25, -0.2) is 15.0 Å². The number of oxazole rings is 1. The quantitative estimate of drug-likeness (QED) is 0.376. The van der Waals surface area contributed by atoms with E-state index in [4.69, 9.17) is 4.42 Å². The maximum absolute atomic E-state index is 5.79. The third-order valence-corrected chi connectivity index (χ3v) is 4.39. The lowest BCUT2D eigenvalue weighted by Gasteiger charge is -2.13. The van der Waals surface area contributed by atoms with Crippen LogP contribution in [0, 0.1) is 0 Å². The summed E-state index contributed by atoms with van der Waals surface area (Å²) in [5, 5.41) is 9.69. The number of hydrogen-bond donors (Lipinski definition) is 2. The number of rotatable bonds is 6. The van der Waals surface area contributed by atoms with Crippen molar-refractivity contribution in [3.8, 4) is 0 Å². The Hall–Kier alpha value is -1.16. The average molecular weight is 477 g/mol. The van der Waals surface area contributed by atoms with Crippen LogP contribution in [0.4, 0.5) is 0 Å². The highest BCUT2D eigenvalue weighted by Crippen LogP contribution is 2.22. The SMILES string of the molecule is CCNC(=NCc1csc(CC)n1)NCc1ncc(C(C)(C)C)o1.I. The van der Waals surface area contributed by atoms with Crippen LogP contribution in [0.15, 0.2) is 21.0 Å². The zero-order chi connectivity index (χ0) is 17.6. The Morgan fingerprint density at radius 1 is 1.28 bits per heavy atom. The zero-order valence-electron chi connectivity index (χ0n) is 15.5. The van der Waals surface area contributed by atoms with Crippen LogP contribution >= 0.6 is 35.3 Å². The van der Waals surface area contributed by atoms with Crippen LogP contribution in [0.5, 0.6) is 0 Å². The number of halogens is 1. The molecule has 0 saturated heterocycles. The lowest BCUT2D eigenvalue weighted by atomic mass is 9.94. The molecule has 0 radical (unpaired) electrons. The second-order valence-corrected chi connectivity index (χ2v) is 7.45. The maximum atomic E-state index is 5.79. The van der Waals surface area contributed by atoms with Gasteiger partial charge in [-0.3, -0.25) is 0 Å². The number of aryl methyl sites for hydroxylation is 1. The molecule has 2 N–H and O–H groups in total. The van der Waals surface area contributed by atoms with E-state index in [0.29, 0.717) is 19.0 Å². The number of guanidine groups is 1. The van der Waals surface area contributed by atoms with E-state index in [9.17, 15) is 0 Å². The molecule has 0 saturated carbocycles. The molecule has 0 bridgehead atoms. The minimum Gasteiger partial charge on any atom is -0.443 e. The van der Waals surface area contributed by atoms with E-state index in [0.717, 1.165) is 35.4 Å². The summed E-state index contributed by atoms with van der Waals surface area (Å²) in [6, 6.07) is 0. The molecule has 0 aliphatic heterocycles. The Morgan fingerprint density at radius 2 is 2.04 bits per heavy atom. The van der Waals surface area contributed by atoms with Crippen molar-refractivity contribution in [2.75, 3.05) is 6.54 Å². The van der Waals surface area contributed by atoms with E-state index in [2.05, 4.69) is 58.7 Å². The van der Waals surface area contributed by atoms with Crippen LogP contribution in [0.1, 0.15) is 57.0 Å². The molecule has 2 rings (SSSR count). The van der Waals surface area contributed by atoms with Crippen molar-refractivity contribution in [1.29, 1.82) is 0 Å². The summed E-state index contributed by atoms with van der Waals surface area (Å²) in [6.07, 6.45) is 2.76. The second kappa shape index (κ2) is 10.1. The predicted octanol–water partition coefficient (Wildman–Crippen LogP) is 3.86. The standard InChI is InChI=1S/C17H27N5OS.HI/c1-6-15-22-12(11-24-15)8-20-16(18-7-2)21-10-14-19-9-13(23-14)17(3,4)5;/h9,11H,6-8,10H2,1-5H3,(H2,18,20,21);1H. The summed E-state index contributed by atoms with van der Waals surface area (Å²) in [4.78, 5) is 13.4. The summed E-state index contributed by atoms with van der Waals surface area (Å²) >= 11 is 1.68. The lowest BCUT2D eigenvalue weighted by molar-refractivity contribution is 0.379. The Labute approximate surface area is 171 Å². The molecule has 2 heterocycles. The van der Waals surface area contributed by atoms with Gasteiger partial charge in [0.1, 0.15) is 5.76 Å². The van der Waals surface area contributed by atoms with E-state index in [1.807, 2.05) is 6.92 Å². The summed E-state index contributed by atoms with van der Waals surface area (Å²) in [6.45, 7) is 12.3. The van der Waals surface area contributed by atoms with Crippen molar-refractivity contribution in [2.24, 2.45) is 4.99 Å². The van der Waals surface area contributed by atoms with Crippen molar-refractivity contribution in [3.63, 3.8) is 0 Å². The van der Waals surface area contributed by atoms with Crippen LogP contribution in [0.2, 0.25) is 0 Å². The molecule has 140 valence electrons. The highest BCUT2D eigenvalue weighted by molar-refractivity contribution is 14.0. The molecular weight excluding hydrogens is 449 g/mol. The van der Waals surface area contributed by atoms with Gasteiger partial charge in [0, 0.05) is 17.3 Å². The topological polar surface area (TPSA) is 75.3 Å². The minimum atomic E-state index is -0.0363. The maximum Gasteiger partial charge on any atom is 0.213 e. The second-order valence-electron chi connectivity index (χ2n) is 6.50. The van der Waals surface area contributed by atoms with Gasteiger partial charge in [0.05, 0.1) is 30.0 Å². The summed E-state index contributed by atoms with van der Waals surface area (Å²) in [5.41, 5.74) is 0.964. The van der Waals surface area contributed by atoms with E-state index < -0.39 is 0 Å². The number of aromatic nitrogens is 2. The fourth-order valence-corrected chi connectivity index (χ4v) is 2.72. The number of nitrogens with one attached hydrogen (secondary N) is 2. The molecule has 0 aliphatic rings. The molecular formula is C17H28IN5OS. The van der Waals surface area contributed by atoms with Gasteiger partial charge in [-0.2, -0.15) is 0 Å². The van der Waals surface area contributed by atoms with E-state index in [1.165, 1.54) is 0 Å². The molecule has 0 aliphatic carbocycles. The smallest absolute Gasteiger partial charge is 0.213 e. The summed E-state index contributed by atoms with van der Waals surface area (Å²) in [5.74, 6) is 2.28. The van der Waals surface area contributed by atoms with Crippen molar-refractivity contribution in [2.45, 2.75) is 59.5 Å². The van der Waals surface area contributed by atoms with E-state index in [-0.39, 0.29) is 29.4 Å². The number of hydrogen-bond acceptors (Lipinski definition) is 5.